The molecule has 1 unspecified atom stereocenters. The Bertz CT molecular complexity index is 560. The summed E-state index contributed by atoms with van der Waals surface area (Å²) < 4.78 is 28.7. The number of ether oxygens (including phenoxy) is 1. The molecular formula is C13H19NO3S. The minimum Gasteiger partial charge on any atom is -0.495 e. The van der Waals surface area contributed by atoms with Crippen LogP contribution >= 0.6 is 0 Å². The zero-order chi connectivity index (χ0) is 13.6. The second-order valence-corrected chi connectivity index (χ2v) is 7.07. The molecule has 2 N–H and O–H groups in total. The van der Waals surface area contributed by atoms with E-state index in [1.54, 1.807) is 12.1 Å². The highest BCUT2D eigenvalue weighted by molar-refractivity contribution is 7.90. The van der Waals surface area contributed by atoms with Crippen LogP contribution in [0.2, 0.25) is 0 Å². The van der Waals surface area contributed by atoms with Gasteiger partial charge in [0.1, 0.15) is 10.6 Å². The molecule has 0 spiro atoms. The summed E-state index contributed by atoms with van der Waals surface area (Å²) in [5.74, 6) is 0.390. The number of hydrogen-bond acceptors (Lipinski definition) is 4. The Morgan fingerprint density at radius 2 is 2.00 bits per heavy atom. The van der Waals surface area contributed by atoms with Crippen LogP contribution in [0, 0.1) is 0 Å². The third kappa shape index (κ3) is 2.12. The average molecular weight is 269 g/mol. The lowest BCUT2D eigenvalue weighted by Gasteiger charge is -2.21. The standard InChI is InChI=1S/C13H19NO3S/c1-9(14)13(6-7-13)10-4-5-11(17-2)12(8-10)18(3,15)16/h4-5,8-9H,6-7,14H2,1-3H3. The fourth-order valence-corrected chi connectivity index (χ4v) is 3.28. The van der Waals surface area contributed by atoms with Crippen molar-refractivity contribution >= 4 is 9.84 Å². The van der Waals surface area contributed by atoms with Crippen molar-refractivity contribution in [1.29, 1.82) is 0 Å². The minimum absolute atomic E-state index is 0.0262. The number of nitrogens with two attached hydrogens (primary N) is 1. The number of benzene rings is 1. The Morgan fingerprint density at radius 3 is 2.39 bits per heavy atom. The van der Waals surface area contributed by atoms with Gasteiger partial charge in [-0.2, -0.15) is 0 Å². The summed E-state index contributed by atoms with van der Waals surface area (Å²) in [7, 11) is -1.82. The van der Waals surface area contributed by atoms with Gasteiger partial charge >= 0.3 is 0 Å². The Morgan fingerprint density at radius 1 is 1.39 bits per heavy atom. The van der Waals surface area contributed by atoms with Crippen LogP contribution in [0.4, 0.5) is 0 Å². The molecule has 1 aliphatic rings. The number of methoxy groups -OCH3 is 1. The van der Waals surface area contributed by atoms with Crippen molar-refractivity contribution in [2.75, 3.05) is 13.4 Å². The molecule has 2 rings (SSSR count). The predicted molar refractivity (Wildman–Crippen MR) is 70.7 cm³/mol. The SMILES string of the molecule is COc1ccc(C2(C(C)N)CC2)cc1S(C)(=O)=O. The first-order chi connectivity index (χ1) is 8.31. The van der Waals surface area contributed by atoms with Gasteiger partial charge in [-0.25, -0.2) is 8.42 Å². The smallest absolute Gasteiger partial charge is 0.179 e. The number of sulfone groups is 1. The van der Waals surface area contributed by atoms with E-state index in [-0.39, 0.29) is 16.4 Å². The highest BCUT2D eigenvalue weighted by atomic mass is 32.2. The first-order valence-electron chi connectivity index (χ1n) is 5.95. The van der Waals surface area contributed by atoms with Gasteiger partial charge in [0.05, 0.1) is 7.11 Å². The fourth-order valence-electron chi connectivity index (χ4n) is 2.42. The zero-order valence-electron chi connectivity index (χ0n) is 10.9. The van der Waals surface area contributed by atoms with Gasteiger partial charge in [0.25, 0.3) is 0 Å². The van der Waals surface area contributed by atoms with Gasteiger partial charge in [0.15, 0.2) is 9.84 Å². The van der Waals surface area contributed by atoms with Gasteiger partial charge in [-0.05, 0) is 37.5 Å². The molecule has 1 aliphatic carbocycles. The highest BCUT2D eigenvalue weighted by Gasteiger charge is 2.47. The van der Waals surface area contributed by atoms with Gasteiger partial charge in [-0.15, -0.1) is 0 Å². The fraction of sp³-hybridized carbons (Fsp3) is 0.538. The minimum atomic E-state index is -3.29. The Hall–Kier alpha value is -1.07. The maximum absolute atomic E-state index is 11.8. The third-order valence-electron chi connectivity index (χ3n) is 3.80. The van der Waals surface area contributed by atoms with E-state index in [2.05, 4.69) is 0 Å². The molecule has 0 bridgehead atoms. The van der Waals surface area contributed by atoms with Gasteiger partial charge in [-0.3, -0.25) is 0 Å². The molecule has 0 aromatic heterocycles. The first-order valence-corrected chi connectivity index (χ1v) is 7.84. The van der Waals surface area contributed by atoms with Crippen LogP contribution < -0.4 is 10.5 Å². The van der Waals surface area contributed by atoms with E-state index in [1.165, 1.54) is 13.4 Å². The second-order valence-electron chi connectivity index (χ2n) is 5.08. The molecule has 4 nitrogen and oxygen atoms in total. The Kier molecular flexibility index (Phi) is 3.15. The summed E-state index contributed by atoms with van der Waals surface area (Å²) in [5, 5.41) is 0. The average Bonchev–Trinajstić information content (AvgIpc) is 3.08. The molecule has 0 aliphatic heterocycles. The molecule has 18 heavy (non-hydrogen) atoms. The first kappa shape index (κ1) is 13.4. The van der Waals surface area contributed by atoms with Crippen LogP contribution in [0.5, 0.6) is 5.75 Å². The van der Waals surface area contributed by atoms with Crippen molar-refractivity contribution in [3.05, 3.63) is 23.8 Å². The van der Waals surface area contributed by atoms with Gasteiger partial charge < -0.3 is 10.5 Å². The summed E-state index contributed by atoms with van der Waals surface area (Å²) in [6.45, 7) is 1.97. The lowest BCUT2D eigenvalue weighted by molar-refractivity contribution is 0.402. The maximum Gasteiger partial charge on any atom is 0.179 e. The number of hydrogen-bond donors (Lipinski definition) is 1. The van der Waals surface area contributed by atoms with Gasteiger partial charge in [-0.1, -0.05) is 6.07 Å². The van der Waals surface area contributed by atoms with E-state index >= 15 is 0 Å². The van der Waals surface area contributed by atoms with Crippen molar-refractivity contribution in [2.45, 2.75) is 36.1 Å². The van der Waals surface area contributed by atoms with E-state index in [4.69, 9.17) is 10.5 Å². The van der Waals surface area contributed by atoms with Crippen molar-refractivity contribution in [3.8, 4) is 5.75 Å². The van der Waals surface area contributed by atoms with Gasteiger partial charge in [0.2, 0.25) is 0 Å². The Labute approximate surface area is 108 Å². The van der Waals surface area contributed by atoms with Crippen molar-refractivity contribution < 1.29 is 13.2 Å². The summed E-state index contributed by atoms with van der Waals surface area (Å²) in [6.07, 6.45) is 3.22. The lowest BCUT2D eigenvalue weighted by Crippen LogP contribution is -2.31. The molecule has 1 fully saturated rings. The molecular weight excluding hydrogens is 250 g/mol. The largest absolute Gasteiger partial charge is 0.495 e. The molecule has 1 atom stereocenters. The molecule has 100 valence electrons. The zero-order valence-corrected chi connectivity index (χ0v) is 11.8. The molecule has 1 saturated carbocycles. The summed E-state index contributed by atoms with van der Waals surface area (Å²) in [4.78, 5) is 0.245. The van der Waals surface area contributed by atoms with E-state index in [0.29, 0.717) is 5.75 Å². The van der Waals surface area contributed by atoms with Gasteiger partial charge in [0, 0.05) is 17.7 Å². The molecule has 0 radical (unpaired) electrons. The van der Waals surface area contributed by atoms with Crippen LogP contribution in [0.25, 0.3) is 0 Å². The van der Waals surface area contributed by atoms with E-state index in [9.17, 15) is 8.42 Å². The summed E-state index contributed by atoms with van der Waals surface area (Å²) >= 11 is 0. The van der Waals surface area contributed by atoms with Crippen LogP contribution in [0.1, 0.15) is 25.3 Å². The molecule has 0 saturated heterocycles. The quantitative estimate of drug-likeness (QED) is 0.899. The molecule has 1 aromatic rings. The van der Waals surface area contributed by atoms with Crippen LogP contribution in [-0.4, -0.2) is 27.8 Å². The molecule has 1 aromatic carbocycles. The number of rotatable bonds is 4. The lowest BCUT2D eigenvalue weighted by atomic mass is 9.89. The Balaban J connectivity index is 2.54. The van der Waals surface area contributed by atoms with Crippen molar-refractivity contribution in [1.82, 2.24) is 0 Å². The van der Waals surface area contributed by atoms with Crippen LogP contribution in [-0.2, 0) is 15.3 Å². The molecule has 5 heteroatoms. The predicted octanol–water partition coefficient (Wildman–Crippen LogP) is 1.48. The van der Waals surface area contributed by atoms with Crippen molar-refractivity contribution in [3.63, 3.8) is 0 Å². The van der Waals surface area contributed by atoms with Crippen LogP contribution in [0.15, 0.2) is 23.1 Å². The van der Waals surface area contributed by atoms with E-state index < -0.39 is 9.84 Å². The summed E-state index contributed by atoms with van der Waals surface area (Å²) in [5.41, 5.74) is 6.96. The normalized spacial score (nSPS) is 19.3. The molecule has 0 heterocycles. The monoisotopic (exact) mass is 269 g/mol. The maximum atomic E-state index is 11.8. The third-order valence-corrected chi connectivity index (χ3v) is 4.92. The van der Waals surface area contributed by atoms with E-state index in [0.717, 1.165) is 18.4 Å². The molecule has 0 amide bonds. The topological polar surface area (TPSA) is 69.4 Å². The highest BCUT2D eigenvalue weighted by Crippen LogP contribution is 2.51. The van der Waals surface area contributed by atoms with Crippen LogP contribution in [0.3, 0.4) is 0 Å². The van der Waals surface area contributed by atoms with Crippen molar-refractivity contribution in [2.24, 2.45) is 5.73 Å². The second kappa shape index (κ2) is 4.24. The summed E-state index contributed by atoms with van der Waals surface area (Å²) in [6, 6.07) is 5.38. The van der Waals surface area contributed by atoms with E-state index in [1.807, 2.05) is 13.0 Å².